The summed E-state index contributed by atoms with van der Waals surface area (Å²) in [5, 5.41) is 9.97. The monoisotopic (exact) mass is 320 g/mol. The van der Waals surface area contributed by atoms with Crippen molar-refractivity contribution in [3.05, 3.63) is 64.1 Å². The highest BCUT2D eigenvalue weighted by atomic mass is 79.9. The molecule has 0 heterocycles. The van der Waals surface area contributed by atoms with Crippen molar-refractivity contribution in [2.45, 2.75) is 26.1 Å². The van der Waals surface area contributed by atoms with Crippen molar-refractivity contribution < 1.29 is 9.84 Å². The summed E-state index contributed by atoms with van der Waals surface area (Å²) in [4.78, 5) is 0. The minimum absolute atomic E-state index is 0.476. The normalized spacial score (nSPS) is 12.2. The molecular weight excluding hydrogens is 304 g/mol. The Bertz CT molecular complexity index is 540. The van der Waals surface area contributed by atoms with Crippen molar-refractivity contribution in [1.82, 2.24) is 0 Å². The van der Waals surface area contributed by atoms with E-state index in [-0.39, 0.29) is 0 Å². The topological polar surface area (TPSA) is 29.5 Å². The first-order valence-corrected chi connectivity index (χ1v) is 7.15. The zero-order chi connectivity index (χ0) is 13.7. The Labute approximate surface area is 122 Å². The number of aliphatic hydroxyl groups is 1. The predicted octanol–water partition coefficient (Wildman–Crippen LogP) is 4.47. The second-order valence-electron chi connectivity index (χ2n) is 4.34. The lowest BCUT2D eigenvalue weighted by molar-refractivity contribution is 0.166. The molecule has 3 heteroatoms. The van der Waals surface area contributed by atoms with Crippen LogP contribution in [-0.4, -0.2) is 5.11 Å². The van der Waals surface area contributed by atoms with Gasteiger partial charge in [0.2, 0.25) is 0 Å². The van der Waals surface area contributed by atoms with Gasteiger partial charge >= 0.3 is 0 Å². The van der Waals surface area contributed by atoms with Crippen molar-refractivity contribution in [3.63, 3.8) is 0 Å². The lowest BCUT2D eigenvalue weighted by Crippen LogP contribution is -2.02. The lowest BCUT2D eigenvalue weighted by Gasteiger charge is -2.15. The maximum Gasteiger partial charge on any atom is 0.125 e. The Kier molecular flexibility index (Phi) is 5.00. The van der Waals surface area contributed by atoms with Gasteiger partial charge < -0.3 is 9.84 Å². The highest BCUT2D eigenvalue weighted by molar-refractivity contribution is 9.10. The number of ether oxygens (including phenoxy) is 1. The molecule has 0 aliphatic heterocycles. The number of halogens is 1. The van der Waals surface area contributed by atoms with Crippen LogP contribution in [0, 0.1) is 0 Å². The first-order valence-electron chi connectivity index (χ1n) is 6.35. The fourth-order valence-electron chi connectivity index (χ4n) is 1.88. The van der Waals surface area contributed by atoms with Crippen molar-refractivity contribution in [1.29, 1.82) is 0 Å². The molecule has 2 aromatic rings. The van der Waals surface area contributed by atoms with Gasteiger partial charge in [-0.15, -0.1) is 0 Å². The Morgan fingerprint density at radius 2 is 1.79 bits per heavy atom. The average molecular weight is 321 g/mol. The van der Waals surface area contributed by atoms with E-state index in [1.807, 2.05) is 55.5 Å². The molecule has 0 spiro atoms. The zero-order valence-corrected chi connectivity index (χ0v) is 12.4. The van der Waals surface area contributed by atoms with E-state index in [0.717, 1.165) is 21.3 Å². The van der Waals surface area contributed by atoms with Gasteiger partial charge in [0.25, 0.3) is 0 Å². The van der Waals surface area contributed by atoms with E-state index in [2.05, 4.69) is 15.9 Å². The largest absolute Gasteiger partial charge is 0.488 e. The van der Waals surface area contributed by atoms with Crippen molar-refractivity contribution in [2.24, 2.45) is 0 Å². The molecule has 0 aliphatic rings. The second-order valence-corrected chi connectivity index (χ2v) is 5.20. The van der Waals surface area contributed by atoms with Crippen LogP contribution in [0.25, 0.3) is 0 Å². The average Bonchev–Trinajstić information content (AvgIpc) is 2.46. The third-order valence-corrected chi connectivity index (χ3v) is 3.78. The van der Waals surface area contributed by atoms with E-state index < -0.39 is 6.10 Å². The molecule has 2 rings (SSSR count). The van der Waals surface area contributed by atoms with Crippen molar-refractivity contribution >= 4 is 15.9 Å². The summed E-state index contributed by atoms with van der Waals surface area (Å²) in [6.45, 7) is 2.43. The number of aliphatic hydroxyl groups excluding tert-OH is 1. The van der Waals surface area contributed by atoms with Gasteiger partial charge in [0.1, 0.15) is 12.4 Å². The van der Waals surface area contributed by atoms with E-state index in [4.69, 9.17) is 4.74 Å². The third-order valence-electron chi connectivity index (χ3n) is 3.01. The fraction of sp³-hybridized carbons (Fsp3) is 0.250. The van der Waals surface area contributed by atoms with Gasteiger partial charge in [-0.25, -0.2) is 0 Å². The second kappa shape index (κ2) is 6.73. The third kappa shape index (κ3) is 3.58. The van der Waals surface area contributed by atoms with Gasteiger partial charge in [0.05, 0.1) is 6.10 Å². The van der Waals surface area contributed by atoms with Crippen LogP contribution in [0.4, 0.5) is 0 Å². The summed E-state index contributed by atoms with van der Waals surface area (Å²) in [5.74, 6) is 0.743. The zero-order valence-electron chi connectivity index (χ0n) is 10.8. The quantitative estimate of drug-likeness (QED) is 0.880. The summed E-state index contributed by atoms with van der Waals surface area (Å²) in [6.07, 6.45) is 0.200. The van der Waals surface area contributed by atoms with Gasteiger partial charge in [-0.1, -0.05) is 59.3 Å². The first-order chi connectivity index (χ1) is 9.22. The van der Waals surface area contributed by atoms with Crippen LogP contribution in [0.15, 0.2) is 53.0 Å². The van der Waals surface area contributed by atoms with E-state index in [9.17, 15) is 5.11 Å². The molecule has 1 atom stereocenters. The molecule has 0 amide bonds. The minimum Gasteiger partial charge on any atom is -0.488 e. The van der Waals surface area contributed by atoms with E-state index in [1.54, 1.807) is 0 Å². The molecular formula is C16H17BrO2. The van der Waals surface area contributed by atoms with Crippen LogP contribution in [-0.2, 0) is 6.61 Å². The van der Waals surface area contributed by atoms with E-state index in [1.165, 1.54) is 0 Å². The van der Waals surface area contributed by atoms with Crippen LogP contribution in [0.3, 0.4) is 0 Å². The highest BCUT2D eigenvalue weighted by Gasteiger charge is 2.11. The van der Waals surface area contributed by atoms with E-state index >= 15 is 0 Å². The van der Waals surface area contributed by atoms with Crippen LogP contribution >= 0.6 is 15.9 Å². The molecule has 0 unspecified atom stereocenters. The summed E-state index contributed by atoms with van der Waals surface area (Å²) < 4.78 is 6.87. The lowest BCUT2D eigenvalue weighted by atomic mass is 10.1. The Hall–Kier alpha value is -1.32. The molecule has 0 fully saturated rings. The molecule has 1 N–H and O–H groups in total. The van der Waals surface area contributed by atoms with Gasteiger partial charge in [0.15, 0.2) is 0 Å². The molecule has 0 aliphatic carbocycles. The summed E-state index contributed by atoms with van der Waals surface area (Å²) in [7, 11) is 0. The molecule has 0 bridgehead atoms. The molecule has 2 nitrogen and oxygen atoms in total. The van der Waals surface area contributed by atoms with Crippen molar-refractivity contribution in [2.75, 3.05) is 0 Å². The molecule has 0 saturated heterocycles. The SMILES string of the molecule is CC[C@@H](O)c1ccccc1OCc1ccccc1Br. The smallest absolute Gasteiger partial charge is 0.125 e. The molecule has 2 aromatic carbocycles. The maximum absolute atomic E-state index is 9.97. The standard InChI is InChI=1S/C16H17BrO2/c1-2-15(18)13-8-4-6-10-16(13)19-11-12-7-3-5-9-14(12)17/h3-10,15,18H,2,11H2,1H3/t15-/m1/s1. The fourth-order valence-corrected chi connectivity index (χ4v) is 2.28. The minimum atomic E-state index is -0.476. The number of para-hydroxylation sites is 1. The van der Waals surface area contributed by atoms with Gasteiger partial charge in [0, 0.05) is 15.6 Å². The van der Waals surface area contributed by atoms with Gasteiger partial charge in [-0.3, -0.25) is 0 Å². The molecule has 19 heavy (non-hydrogen) atoms. The van der Waals surface area contributed by atoms with Crippen LogP contribution in [0.2, 0.25) is 0 Å². The number of benzene rings is 2. The Morgan fingerprint density at radius 3 is 2.53 bits per heavy atom. The summed E-state index contributed by atoms with van der Waals surface area (Å²) in [5.41, 5.74) is 1.93. The first kappa shape index (κ1) is 14.1. The summed E-state index contributed by atoms with van der Waals surface area (Å²) in [6, 6.07) is 15.6. The van der Waals surface area contributed by atoms with Crippen molar-refractivity contribution in [3.8, 4) is 5.75 Å². The summed E-state index contributed by atoms with van der Waals surface area (Å²) >= 11 is 3.50. The molecule has 0 aromatic heterocycles. The number of hydrogen-bond acceptors (Lipinski definition) is 2. The molecule has 100 valence electrons. The van der Waals surface area contributed by atoms with Crippen LogP contribution in [0.5, 0.6) is 5.75 Å². The van der Waals surface area contributed by atoms with Gasteiger partial charge in [-0.05, 0) is 18.6 Å². The molecule has 0 radical (unpaired) electrons. The highest BCUT2D eigenvalue weighted by Crippen LogP contribution is 2.28. The Balaban J connectivity index is 2.14. The van der Waals surface area contributed by atoms with E-state index in [0.29, 0.717) is 13.0 Å². The van der Waals surface area contributed by atoms with Crippen LogP contribution < -0.4 is 4.74 Å². The Morgan fingerprint density at radius 1 is 1.11 bits per heavy atom. The molecule has 0 saturated carbocycles. The maximum atomic E-state index is 9.97. The number of hydrogen-bond donors (Lipinski definition) is 1. The van der Waals surface area contributed by atoms with Gasteiger partial charge in [-0.2, -0.15) is 0 Å². The number of rotatable bonds is 5. The predicted molar refractivity (Wildman–Crippen MR) is 80.2 cm³/mol. The van der Waals surface area contributed by atoms with Crippen LogP contribution in [0.1, 0.15) is 30.6 Å².